The standard InChI is InChI=1S/C11H15NO5/c1-15-7-4-8(16-2)11(9(5-7)17-3)12-10(14)6-13/h4-5,13H,6H2,1-3H3,(H,12,14). The first-order chi connectivity index (χ1) is 8.15. The monoisotopic (exact) mass is 241 g/mol. The Hall–Kier alpha value is -1.95. The van der Waals surface area contributed by atoms with Crippen molar-refractivity contribution in [1.82, 2.24) is 0 Å². The average molecular weight is 241 g/mol. The number of aliphatic hydroxyl groups is 1. The number of benzene rings is 1. The van der Waals surface area contributed by atoms with E-state index in [4.69, 9.17) is 19.3 Å². The van der Waals surface area contributed by atoms with Crippen LogP contribution in [0.5, 0.6) is 17.2 Å². The number of hydrogen-bond donors (Lipinski definition) is 2. The van der Waals surface area contributed by atoms with Gasteiger partial charge in [-0.3, -0.25) is 4.79 Å². The Morgan fingerprint density at radius 3 is 2.06 bits per heavy atom. The smallest absolute Gasteiger partial charge is 0.250 e. The van der Waals surface area contributed by atoms with Gasteiger partial charge >= 0.3 is 0 Å². The predicted octanol–water partition coefficient (Wildman–Crippen LogP) is 0.643. The highest BCUT2D eigenvalue weighted by molar-refractivity contribution is 5.95. The van der Waals surface area contributed by atoms with E-state index >= 15 is 0 Å². The number of amides is 1. The summed E-state index contributed by atoms with van der Waals surface area (Å²) in [7, 11) is 4.44. The molecule has 0 aliphatic rings. The van der Waals surface area contributed by atoms with Crippen molar-refractivity contribution in [2.24, 2.45) is 0 Å². The molecular weight excluding hydrogens is 226 g/mol. The van der Waals surface area contributed by atoms with Gasteiger partial charge in [-0.2, -0.15) is 0 Å². The summed E-state index contributed by atoms with van der Waals surface area (Å²) >= 11 is 0. The summed E-state index contributed by atoms with van der Waals surface area (Å²) < 4.78 is 15.3. The molecule has 1 aromatic carbocycles. The van der Waals surface area contributed by atoms with Gasteiger partial charge in [0.15, 0.2) is 0 Å². The molecule has 94 valence electrons. The second-order valence-electron chi connectivity index (χ2n) is 3.11. The van der Waals surface area contributed by atoms with Crippen molar-refractivity contribution < 1.29 is 24.1 Å². The van der Waals surface area contributed by atoms with Gasteiger partial charge in [0.2, 0.25) is 5.91 Å². The van der Waals surface area contributed by atoms with Crippen molar-refractivity contribution in [3.05, 3.63) is 12.1 Å². The van der Waals surface area contributed by atoms with E-state index in [1.165, 1.54) is 21.3 Å². The number of rotatable bonds is 5. The molecular formula is C11H15NO5. The number of anilines is 1. The van der Waals surface area contributed by atoms with Crippen molar-refractivity contribution in [2.45, 2.75) is 0 Å². The van der Waals surface area contributed by atoms with Crippen LogP contribution in [0.15, 0.2) is 12.1 Å². The molecule has 1 rings (SSSR count). The summed E-state index contributed by atoms with van der Waals surface area (Å²) in [5, 5.41) is 11.2. The van der Waals surface area contributed by atoms with Crippen LogP contribution in [0.2, 0.25) is 0 Å². The highest BCUT2D eigenvalue weighted by Crippen LogP contribution is 2.38. The zero-order chi connectivity index (χ0) is 12.8. The second kappa shape index (κ2) is 5.95. The lowest BCUT2D eigenvalue weighted by Crippen LogP contribution is -2.16. The first-order valence-corrected chi connectivity index (χ1v) is 4.87. The molecule has 2 N–H and O–H groups in total. The molecule has 0 aliphatic heterocycles. The van der Waals surface area contributed by atoms with Crippen LogP contribution in [0.4, 0.5) is 5.69 Å². The molecule has 0 radical (unpaired) electrons. The average Bonchev–Trinajstić information content (AvgIpc) is 2.38. The summed E-state index contributed by atoms with van der Waals surface area (Å²) in [6.45, 7) is -0.613. The molecule has 6 heteroatoms. The Labute approximate surface area is 99.1 Å². The third-order valence-corrected chi connectivity index (χ3v) is 2.12. The summed E-state index contributed by atoms with van der Waals surface area (Å²) in [5.41, 5.74) is 0.356. The quantitative estimate of drug-likeness (QED) is 0.791. The SMILES string of the molecule is COc1cc(OC)c(NC(=O)CO)c(OC)c1. The summed E-state index contributed by atoms with van der Waals surface area (Å²) in [6, 6.07) is 3.21. The number of hydrogen-bond acceptors (Lipinski definition) is 5. The number of carbonyl (C=O) groups is 1. The molecule has 0 aromatic heterocycles. The van der Waals surface area contributed by atoms with Gasteiger partial charge in [0.25, 0.3) is 0 Å². The molecule has 0 aliphatic carbocycles. The van der Waals surface area contributed by atoms with Crippen LogP contribution in [0.3, 0.4) is 0 Å². The van der Waals surface area contributed by atoms with E-state index in [-0.39, 0.29) is 0 Å². The van der Waals surface area contributed by atoms with Gasteiger partial charge in [-0.05, 0) is 0 Å². The Balaban J connectivity index is 3.19. The van der Waals surface area contributed by atoms with Crippen LogP contribution in [0.25, 0.3) is 0 Å². The van der Waals surface area contributed by atoms with Crippen molar-refractivity contribution in [1.29, 1.82) is 0 Å². The van der Waals surface area contributed by atoms with Crippen LogP contribution in [0.1, 0.15) is 0 Å². The summed E-state index contributed by atoms with van der Waals surface area (Å²) in [5.74, 6) is 0.776. The van der Waals surface area contributed by atoms with E-state index in [0.29, 0.717) is 22.9 Å². The van der Waals surface area contributed by atoms with Crippen molar-refractivity contribution in [3.8, 4) is 17.2 Å². The van der Waals surface area contributed by atoms with E-state index in [9.17, 15) is 4.79 Å². The molecule has 1 aromatic rings. The van der Waals surface area contributed by atoms with Crippen molar-refractivity contribution >= 4 is 11.6 Å². The van der Waals surface area contributed by atoms with E-state index in [2.05, 4.69) is 5.32 Å². The largest absolute Gasteiger partial charge is 0.496 e. The second-order valence-corrected chi connectivity index (χ2v) is 3.11. The Morgan fingerprint density at radius 2 is 1.71 bits per heavy atom. The first kappa shape index (κ1) is 13.1. The van der Waals surface area contributed by atoms with E-state index in [1.807, 2.05) is 0 Å². The summed E-state index contributed by atoms with van der Waals surface area (Å²) in [6.07, 6.45) is 0. The Kier molecular flexibility index (Phi) is 4.59. The van der Waals surface area contributed by atoms with Crippen LogP contribution < -0.4 is 19.5 Å². The number of carbonyl (C=O) groups excluding carboxylic acids is 1. The van der Waals surface area contributed by atoms with Crippen molar-refractivity contribution in [3.63, 3.8) is 0 Å². The minimum absolute atomic E-state index is 0.356. The molecule has 0 atom stereocenters. The minimum Gasteiger partial charge on any atom is -0.496 e. The fourth-order valence-corrected chi connectivity index (χ4v) is 1.31. The highest BCUT2D eigenvalue weighted by Gasteiger charge is 2.15. The Morgan fingerprint density at radius 1 is 1.18 bits per heavy atom. The first-order valence-electron chi connectivity index (χ1n) is 4.87. The maximum Gasteiger partial charge on any atom is 0.250 e. The fraction of sp³-hybridized carbons (Fsp3) is 0.364. The van der Waals surface area contributed by atoms with Gasteiger partial charge in [0.05, 0.1) is 21.3 Å². The van der Waals surface area contributed by atoms with Crippen LogP contribution in [-0.4, -0.2) is 38.9 Å². The van der Waals surface area contributed by atoms with Gasteiger partial charge in [-0.1, -0.05) is 0 Å². The topological polar surface area (TPSA) is 77.0 Å². The van der Waals surface area contributed by atoms with Crippen LogP contribution >= 0.6 is 0 Å². The summed E-state index contributed by atoms with van der Waals surface area (Å²) in [4.78, 5) is 11.2. The van der Waals surface area contributed by atoms with Gasteiger partial charge in [-0.15, -0.1) is 0 Å². The highest BCUT2D eigenvalue weighted by atomic mass is 16.5. The third-order valence-electron chi connectivity index (χ3n) is 2.12. The van der Waals surface area contributed by atoms with Gasteiger partial charge in [0, 0.05) is 12.1 Å². The van der Waals surface area contributed by atoms with Gasteiger partial charge < -0.3 is 24.6 Å². The molecule has 0 heterocycles. The third kappa shape index (κ3) is 3.01. The molecule has 17 heavy (non-hydrogen) atoms. The lowest BCUT2D eigenvalue weighted by Gasteiger charge is -2.15. The number of aliphatic hydroxyl groups excluding tert-OH is 1. The lowest BCUT2D eigenvalue weighted by atomic mass is 10.2. The van der Waals surface area contributed by atoms with E-state index in [1.54, 1.807) is 12.1 Å². The molecule has 6 nitrogen and oxygen atoms in total. The van der Waals surface area contributed by atoms with Crippen molar-refractivity contribution in [2.75, 3.05) is 33.3 Å². The van der Waals surface area contributed by atoms with Gasteiger partial charge in [0.1, 0.15) is 29.5 Å². The molecule has 0 spiro atoms. The maximum absolute atomic E-state index is 11.2. The normalized spacial score (nSPS) is 9.65. The molecule has 0 saturated carbocycles. The maximum atomic E-state index is 11.2. The zero-order valence-electron chi connectivity index (χ0n) is 9.94. The number of methoxy groups -OCH3 is 3. The van der Waals surface area contributed by atoms with Crippen LogP contribution in [0, 0.1) is 0 Å². The zero-order valence-corrected chi connectivity index (χ0v) is 9.94. The van der Waals surface area contributed by atoms with Gasteiger partial charge in [-0.25, -0.2) is 0 Å². The van der Waals surface area contributed by atoms with E-state index in [0.717, 1.165) is 0 Å². The molecule has 0 fully saturated rings. The predicted molar refractivity (Wildman–Crippen MR) is 61.8 cm³/mol. The molecule has 0 unspecified atom stereocenters. The number of ether oxygens (including phenoxy) is 3. The lowest BCUT2D eigenvalue weighted by molar-refractivity contribution is -0.118. The Bertz CT molecular complexity index is 380. The number of nitrogens with one attached hydrogen (secondary N) is 1. The minimum atomic E-state index is -0.613. The van der Waals surface area contributed by atoms with Crippen LogP contribution in [-0.2, 0) is 4.79 Å². The molecule has 1 amide bonds. The molecule has 0 bridgehead atoms. The molecule has 0 saturated heterocycles. The fourth-order valence-electron chi connectivity index (χ4n) is 1.31. The van der Waals surface area contributed by atoms with E-state index < -0.39 is 12.5 Å².